The molecule has 0 radical (unpaired) electrons. The quantitative estimate of drug-likeness (QED) is 0.724. The number of halogens is 2. The van der Waals surface area contributed by atoms with E-state index in [9.17, 15) is 4.39 Å². The largest absolute Gasteiger partial charge is 0.369 e. The monoisotopic (exact) mass is 297 g/mol. The molecule has 0 fully saturated rings. The third-order valence-electron chi connectivity index (χ3n) is 3.30. The third kappa shape index (κ3) is 3.28. The average molecular weight is 298 g/mol. The fourth-order valence-corrected chi connectivity index (χ4v) is 3.18. The highest BCUT2D eigenvalue weighted by Gasteiger charge is 2.17. The summed E-state index contributed by atoms with van der Waals surface area (Å²) >= 11 is 7.64. The van der Waals surface area contributed by atoms with E-state index in [1.54, 1.807) is 17.4 Å². The van der Waals surface area contributed by atoms with Crippen LogP contribution in [0.1, 0.15) is 17.4 Å². The molecular formula is C15H17ClFNS. The van der Waals surface area contributed by atoms with Crippen LogP contribution in [0.5, 0.6) is 0 Å². The summed E-state index contributed by atoms with van der Waals surface area (Å²) < 4.78 is 14.0. The SMILES string of the molecule is CC(Cc1cccs1)N(C)c1c(F)cccc1CCl. The van der Waals surface area contributed by atoms with Gasteiger partial charge in [-0.2, -0.15) is 0 Å². The van der Waals surface area contributed by atoms with E-state index >= 15 is 0 Å². The van der Waals surface area contributed by atoms with Gasteiger partial charge in [0.1, 0.15) is 5.82 Å². The zero-order valence-corrected chi connectivity index (χ0v) is 12.6. The van der Waals surface area contributed by atoms with E-state index in [-0.39, 0.29) is 11.9 Å². The Hall–Kier alpha value is -1.06. The Morgan fingerprint density at radius 3 is 2.74 bits per heavy atom. The van der Waals surface area contributed by atoms with E-state index in [0.717, 1.165) is 12.0 Å². The Morgan fingerprint density at radius 2 is 2.11 bits per heavy atom. The summed E-state index contributed by atoms with van der Waals surface area (Å²) in [6.07, 6.45) is 0.907. The first-order valence-corrected chi connectivity index (χ1v) is 7.63. The van der Waals surface area contributed by atoms with Gasteiger partial charge in [0.25, 0.3) is 0 Å². The van der Waals surface area contributed by atoms with Crippen molar-refractivity contribution in [3.63, 3.8) is 0 Å². The molecule has 1 aromatic carbocycles. The molecule has 0 bridgehead atoms. The molecule has 1 atom stereocenters. The fraction of sp³-hybridized carbons (Fsp3) is 0.333. The molecule has 0 aliphatic carbocycles. The van der Waals surface area contributed by atoms with Crippen LogP contribution in [0.4, 0.5) is 10.1 Å². The summed E-state index contributed by atoms with van der Waals surface area (Å²) in [6.45, 7) is 2.10. The number of rotatable bonds is 5. The Bertz CT molecular complexity index is 527. The smallest absolute Gasteiger partial charge is 0.146 e. The summed E-state index contributed by atoms with van der Waals surface area (Å²) in [5.74, 6) is 0.113. The van der Waals surface area contributed by atoms with Crippen LogP contribution in [0.2, 0.25) is 0 Å². The van der Waals surface area contributed by atoms with Gasteiger partial charge < -0.3 is 4.90 Å². The van der Waals surface area contributed by atoms with Crippen LogP contribution in [0.25, 0.3) is 0 Å². The topological polar surface area (TPSA) is 3.24 Å². The molecule has 1 heterocycles. The van der Waals surface area contributed by atoms with Crippen molar-refractivity contribution >= 4 is 28.6 Å². The molecule has 102 valence electrons. The lowest BCUT2D eigenvalue weighted by Gasteiger charge is -2.29. The van der Waals surface area contributed by atoms with Gasteiger partial charge in [0.05, 0.1) is 5.69 Å². The molecule has 2 rings (SSSR count). The van der Waals surface area contributed by atoms with Gasteiger partial charge in [0.15, 0.2) is 0 Å². The van der Waals surface area contributed by atoms with Gasteiger partial charge in [-0.1, -0.05) is 18.2 Å². The summed E-state index contributed by atoms with van der Waals surface area (Å²) in [4.78, 5) is 3.29. The Labute approximate surface area is 122 Å². The zero-order chi connectivity index (χ0) is 13.8. The molecule has 19 heavy (non-hydrogen) atoms. The molecule has 0 spiro atoms. The highest BCUT2D eigenvalue weighted by atomic mass is 35.5. The number of thiophene rings is 1. The second-order valence-electron chi connectivity index (χ2n) is 4.62. The molecule has 0 saturated heterocycles. The molecular weight excluding hydrogens is 281 g/mol. The Balaban J connectivity index is 2.21. The van der Waals surface area contributed by atoms with E-state index in [1.807, 2.05) is 24.1 Å². The first-order chi connectivity index (χ1) is 9.13. The highest BCUT2D eigenvalue weighted by Crippen LogP contribution is 2.27. The summed E-state index contributed by atoms with van der Waals surface area (Å²) in [6, 6.07) is 9.43. The van der Waals surface area contributed by atoms with Gasteiger partial charge in [-0.25, -0.2) is 4.39 Å². The summed E-state index contributed by atoms with van der Waals surface area (Å²) in [7, 11) is 1.92. The number of anilines is 1. The minimum atomic E-state index is -0.210. The maximum absolute atomic E-state index is 14.0. The molecule has 1 aromatic heterocycles. The van der Waals surface area contributed by atoms with Crippen LogP contribution in [-0.4, -0.2) is 13.1 Å². The standard InChI is InChI=1S/C15H17ClFNS/c1-11(9-13-6-4-8-19-13)18(2)15-12(10-16)5-3-7-14(15)17/h3-8,11H,9-10H2,1-2H3. The molecule has 2 aromatic rings. The average Bonchev–Trinajstić information content (AvgIpc) is 2.90. The van der Waals surface area contributed by atoms with Gasteiger partial charge in [0, 0.05) is 30.3 Å². The molecule has 0 N–H and O–H groups in total. The summed E-state index contributed by atoms with van der Waals surface area (Å²) in [5.41, 5.74) is 1.45. The highest BCUT2D eigenvalue weighted by molar-refractivity contribution is 7.09. The molecule has 0 saturated carbocycles. The number of likely N-dealkylation sites (N-methyl/N-ethyl adjacent to an activating group) is 1. The van der Waals surface area contributed by atoms with Crippen molar-refractivity contribution in [1.29, 1.82) is 0 Å². The Kier molecular flexibility index (Phi) is 4.83. The Morgan fingerprint density at radius 1 is 1.32 bits per heavy atom. The van der Waals surface area contributed by atoms with E-state index in [4.69, 9.17) is 11.6 Å². The molecule has 1 unspecified atom stereocenters. The molecule has 0 aliphatic heterocycles. The van der Waals surface area contributed by atoms with Crippen LogP contribution < -0.4 is 4.90 Å². The van der Waals surface area contributed by atoms with Crippen LogP contribution in [0.15, 0.2) is 35.7 Å². The number of alkyl halides is 1. The number of hydrogen-bond donors (Lipinski definition) is 0. The normalized spacial score (nSPS) is 12.4. The molecule has 0 aliphatic rings. The zero-order valence-electron chi connectivity index (χ0n) is 11.1. The van der Waals surface area contributed by atoms with E-state index in [1.165, 1.54) is 10.9 Å². The van der Waals surface area contributed by atoms with Crippen LogP contribution in [0, 0.1) is 5.82 Å². The van der Waals surface area contributed by atoms with Crippen molar-refractivity contribution in [3.05, 3.63) is 52.0 Å². The van der Waals surface area contributed by atoms with Crippen molar-refractivity contribution < 1.29 is 4.39 Å². The van der Waals surface area contributed by atoms with Crippen molar-refractivity contribution in [1.82, 2.24) is 0 Å². The van der Waals surface area contributed by atoms with Crippen LogP contribution in [0.3, 0.4) is 0 Å². The lowest BCUT2D eigenvalue weighted by molar-refractivity contribution is 0.603. The lowest BCUT2D eigenvalue weighted by Crippen LogP contribution is -2.32. The number of para-hydroxylation sites is 1. The van der Waals surface area contributed by atoms with Gasteiger partial charge in [-0.05, 0) is 30.0 Å². The van der Waals surface area contributed by atoms with Crippen molar-refractivity contribution in [2.24, 2.45) is 0 Å². The van der Waals surface area contributed by atoms with Gasteiger partial charge in [-0.15, -0.1) is 22.9 Å². The summed E-state index contributed by atoms with van der Waals surface area (Å²) in [5, 5.41) is 2.06. The predicted molar refractivity (Wildman–Crippen MR) is 81.8 cm³/mol. The maximum Gasteiger partial charge on any atom is 0.146 e. The van der Waals surface area contributed by atoms with Gasteiger partial charge in [-0.3, -0.25) is 0 Å². The van der Waals surface area contributed by atoms with Crippen molar-refractivity contribution in [2.75, 3.05) is 11.9 Å². The molecule has 4 heteroatoms. The van der Waals surface area contributed by atoms with Crippen LogP contribution >= 0.6 is 22.9 Å². The van der Waals surface area contributed by atoms with E-state index < -0.39 is 0 Å². The van der Waals surface area contributed by atoms with E-state index in [2.05, 4.69) is 18.4 Å². The van der Waals surface area contributed by atoms with Gasteiger partial charge >= 0.3 is 0 Å². The lowest BCUT2D eigenvalue weighted by atomic mass is 10.1. The number of hydrogen-bond acceptors (Lipinski definition) is 2. The second-order valence-corrected chi connectivity index (χ2v) is 5.92. The fourth-order valence-electron chi connectivity index (χ4n) is 2.14. The second kappa shape index (κ2) is 6.40. The van der Waals surface area contributed by atoms with Crippen molar-refractivity contribution in [3.8, 4) is 0 Å². The predicted octanol–water partition coefficient (Wildman–Crippen LogP) is 4.69. The molecule has 0 amide bonds. The number of nitrogens with zero attached hydrogens (tertiary/aromatic N) is 1. The maximum atomic E-state index is 14.0. The van der Waals surface area contributed by atoms with Gasteiger partial charge in [0.2, 0.25) is 0 Å². The first kappa shape index (κ1) is 14.4. The number of benzene rings is 1. The minimum absolute atomic E-state index is 0.210. The minimum Gasteiger partial charge on any atom is -0.369 e. The molecule has 1 nitrogen and oxygen atoms in total. The van der Waals surface area contributed by atoms with E-state index in [0.29, 0.717) is 11.6 Å². The third-order valence-corrected chi connectivity index (χ3v) is 4.49. The van der Waals surface area contributed by atoms with Crippen LogP contribution in [-0.2, 0) is 12.3 Å². The van der Waals surface area contributed by atoms with Crippen molar-refractivity contribution in [2.45, 2.75) is 25.3 Å². The first-order valence-electron chi connectivity index (χ1n) is 6.22.